The molecule has 0 amide bonds. The predicted molar refractivity (Wildman–Crippen MR) is 86.5 cm³/mol. The first-order valence-corrected chi connectivity index (χ1v) is 7.58. The van der Waals surface area contributed by atoms with Crippen molar-refractivity contribution >= 4 is 28.4 Å². The Bertz CT molecular complexity index is 597. The van der Waals surface area contributed by atoms with Crippen molar-refractivity contribution in [1.29, 1.82) is 0 Å². The molecule has 0 saturated carbocycles. The third-order valence-electron chi connectivity index (χ3n) is 3.12. The first-order valence-electron chi connectivity index (χ1n) is 6.83. The Kier molecular flexibility index (Phi) is 6.09. The fourth-order valence-corrected chi connectivity index (χ4v) is 2.48. The summed E-state index contributed by atoms with van der Waals surface area (Å²) >= 11 is 11.4. The number of aryl methyl sites for hydroxylation is 1. The van der Waals surface area contributed by atoms with Gasteiger partial charge < -0.3 is 4.74 Å². The second-order valence-electron chi connectivity index (χ2n) is 4.71. The molecule has 0 fully saturated rings. The second kappa shape index (κ2) is 8.06. The lowest BCUT2D eigenvalue weighted by molar-refractivity contribution is 0.108. The Labute approximate surface area is 134 Å². The van der Waals surface area contributed by atoms with Crippen LogP contribution in [0.1, 0.15) is 28.8 Å². The molecule has 0 aromatic heterocycles. The van der Waals surface area contributed by atoms with E-state index in [0.29, 0.717) is 22.9 Å². The predicted octanol–water partition coefficient (Wildman–Crippen LogP) is 5.12. The first-order chi connectivity index (χ1) is 10.2. The summed E-state index contributed by atoms with van der Waals surface area (Å²) in [5.74, 6) is 0.654. The lowest BCUT2D eigenvalue weighted by Gasteiger charge is -2.07. The normalized spacial score (nSPS) is 10.4. The summed E-state index contributed by atoms with van der Waals surface area (Å²) in [4.78, 5) is 11.1. The molecular formula is C17H16Cl2O2. The van der Waals surface area contributed by atoms with E-state index in [4.69, 9.17) is 27.9 Å². The maximum atomic E-state index is 11.1. The minimum Gasteiger partial charge on any atom is -0.494 e. The molecule has 2 aromatic rings. The van der Waals surface area contributed by atoms with E-state index < -0.39 is 5.24 Å². The molecule has 2 rings (SSSR count). The Morgan fingerprint density at radius 3 is 2.48 bits per heavy atom. The van der Waals surface area contributed by atoms with Crippen LogP contribution in [0.2, 0.25) is 5.02 Å². The van der Waals surface area contributed by atoms with E-state index in [1.165, 1.54) is 5.56 Å². The standard InChI is InChI=1S/C17H16Cl2O2/c18-16-12-14(9-10-15(16)17(19)20)21-11-5-4-8-13-6-2-1-3-7-13/h1-3,6-7,9-10,12H,4-5,8,11H2. The van der Waals surface area contributed by atoms with Gasteiger partial charge in [-0.1, -0.05) is 41.9 Å². The van der Waals surface area contributed by atoms with E-state index in [2.05, 4.69) is 12.1 Å². The highest BCUT2D eigenvalue weighted by atomic mass is 35.5. The van der Waals surface area contributed by atoms with Crippen molar-refractivity contribution in [2.75, 3.05) is 6.61 Å². The van der Waals surface area contributed by atoms with Gasteiger partial charge in [-0.15, -0.1) is 0 Å². The topological polar surface area (TPSA) is 26.3 Å². The van der Waals surface area contributed by atoms with Crippen LogP contribution in [0.5, 0.6) is 5.75 Å². The molecule has 0 aliphatic heterocycles. The summed E-state index contributed by atoms with van der Waals surface area (Å²) in [5, 5.41) is -0.244. The van der Waals surface area contributed by atoms with Gasteiger partial charge >= 0.3 is 0 Å². The van der Waals surface area contributed by atoms with E-state index in [1.54, 1.807) is 18.2 Å². The largest absolute Gasteiger partial charge is 0.494 e. The summed E-state index contributed by atoms with van der Waals surface area (Å²) in [6, 6.07) is 15.3. The number of hydrogen-bond donors (Lipinski definition) is 0. The van der Waals surface area contributed by atoms with Crippen LogP contribution in [0.3, 0.4) is 0 Å². The van der Waals surface area contributed by atoms with Crippen molar-refractivity contribution in [2.45, 2.75) is 19.3 Å². The maximum Gasteiger partial charge on any atom is 0.253 e. The summed E-state index contributed by atoms with van der Waals surface area (Å²) in [6.45, 7) is 0.622. The number of carbonyl (C=O) groups excluding carboxylic acids is 1. The van der Waals surface area contributed by atoms with Crippen LogP contribution in [0.15, 0.2) is 48.5 Å². The molecule has 0 aliphatic carbocycles. The number of ether oxygens (including phenoxy) is 1. The van der Waals surface area contributed by atoms with Crippen LogP contribution in [-0.2, 0) is 6.42 Å². The number of halogens is 2. The number of hydrogen-bond acceptors (Lipinski definition) is 2. The van der Waals surface area contributed by atoms with Crippen LogP contribution in [0.25, 0.3) is 0 Å². The van der Waals surface area contributed by atoms with Crippen molar-refractivity contribution in [1.82, 2.24) is 0 Å². The van der Waals surface area contributed by atoms with Crippen molar-refractivity contribution < 1.29 is 9.53 Å². The number of rotatable bonds is 7. The van der Waals surface area contributed by atoms with Gasteiger partial charge in [0.05, 0.1) is 17.2 Å². The van der Waals surface area contributed by atoms with E-state index in [1.807, 2.05) is 18.2 Å². The molecule has 2 aromatic carbocycles. The highest BCUT2D eigenvalue weighted by Gasteiger charge is 2.08. The molecule has 0 heterocycles. The second-order valence-corrected chi connectivity index (χ2v) is 5.46. The molecule has 0 atom stereocenters. The Morgan fingerprint density at radius 2 is 1.81 bits per heavy atom. The molecule has 0 aliphatic rings. The molecule has 21 heavy (non-hydrogen) atoms. The van der Waals surface area contributed by atoms with Crippen LogP contribution in [0.4, 0.5) is 0 Å². The number of benzene rings is 2. The van der Waals surface area contributed by atoms with Crippen LogP contribution < -0.4 is 4.74 Å². The fourth-order valence-electron chi connectivity index (χ4n) is 2.01. The molecule has 110 valence electrons. The molecule has 0 bridgehead atoms. The van der Waals surface area contributed by atoms with Gasteiger partial charge in [-0.25, -0.2) is 0 Å². The SMILES string of the molecule is O=C(Cl)c1ccc(OCCCCc2ccccc2)cc1Cl. The summed E-state index contributed by atoms with van der Waals surface area (Å²) < 4.78 is 5.62. The van der Waals surface area contributed by atoms with E-state index >= 15 is 0 Å². The summed E-state index contributed by atoms with van der Waals surface area (Å²) in [7, 11) is 0. The van der Waals surface area contributed by atoms with Gasteiger partial charge in [0.1, 0.15) is 5.75 Å². The van der Waals surface area contributed by atoms with Crippen molar-refractivity contribution in [3.8, 4) is 5.75 Å². The lowest BCUT2D eigenvalue weighted by atomic mass is 10.1. The smallest absolute Gasteiger partial charge is 0.253 e. The Hall–Kier alpha value is -1.51. The quantitative estimate of drug-likeness (QED) is 0.522. The number of carbonyl (C=O) groups is 1. The van der Waals surface area contributed by atoms with E-state index in [-0.39, 0.29) is 0 Å². The zero-order chi connectivity index (χ0) is 15.1. The highest BCUT2D eigenvalue weighted by Crippen LogP contribution is 2.24. The third-order valence-corrected chi connectivity index (χ3v) is 3.64. The fraction of sp³-hybridized carbons (Fsp3) is 0.235. The van der Waals surface area contributed by atoms with Crippen molar-refractivity contribution in [3.63, 3.8) is 0 Å². The van der Waals surface area contributed by atoms with E-state index in [0.717, 1.165) is 19.3 Å². The molecule has 4 heteroatoms. The minimum absolute atomic E-state index is 0.301. The van der Waals surface area contributed by atoms with Gasteiger partial charge in [-0.2, -0.15) is 0 Å². The van der Waals surface area contributed by atoms with E-state index in [9.17, 15) is 4.79 Å². The average molecular weight is 323 g/mol. The molecule has 0 saturated heterocycles. The summed E-state index contributed by atoms with van der Waals surface area (Å²) in [6.07, 6.45) is 3.07. The van der Waals surface area contributed by atoms with Crippen LogP contribution in [0, 0.1) is 0 Å². The van der Waals surface area contributed by atoms with Gasteiger partial charge in [0.25, 0.3) is 5.24 Å². The number of unbranched alkanes of at least 4 members (excludes halogenated alkanes) is 1. The van der Waals surface area contributed by atoms with Gasteiger partial charge in [0, 0.05) is 0 Å². The Balaban J connectivity index is 1.74. The zero-order valence-electron chi connectivity index (χ0n) is 11.5. The Morgan fingerprint density at radius 1 is 1.05 bits per heavy atom. The molecule has 0 N–H and O–H groups in total. The average Bonchev–Trinajstić information content (AvgIpc) is 2.47. The third kappa shape index (κ3) is 5.07. The zero-order valence-corrected chi connectivity index (χ0v) is 13.0. The van der Waals surface area contributed by atoms with Crippen LogP contribution in [-0.4, -0.2) is 11.8 Å². The molecule has 0 unspecified atom stereocenters. The maximum absolute atomic E-state index is 11.1. The van der Waals surface area contributed by atoms with Crippen molar-refractivity contribution in [2.24, 2.45) is 0 Å². The molecule has 0 spiro atoms. The van der Waals surface area contributed by atoms with Gasteiger partial charge in [0.15, 0.2) is 0 Å². The monoisotopic (exact) mass is 322 g/mol. The lowest BCUT2D eigenvalue weighted by Crippen LogP contribution is -1.99. The van der Waals surface area contributed by atoms with Gasteiger partial charge in [0.2, 0.25) is 0 Å². The molecular weight excluding hydrogens is 307 g/mol. The summed E-state index contributed by atoms with van der Waals surface area (Å²) in [5.41, 5.74) is 1.64. The van der Waals surface area contributed by atoms with Gasteiger partial charge in [-0.3, -0.25) is 4.79 Å². The molecule has 2 nitrogen and oxygen atoms in total. The molecule has 0 radical (unpaired) electrons. The van der Waals surface area contributed by atoms with Gasteiger partial charge in [-0.05, 0) is 54.6 Å². The van der Waals surface area contributed by atoms with Crippen LogP contribution >= 0.6 is 23.2 Å². The minimum atomic E-state index is -0.561. The first kappa shape index (κ1) is 15.9. The van der Waals surface area contributed by atoms with Crippen molar-refractivity contribution in [3.05, 3.63) is 64.7 Å². The highest BCUT2D eigenvalue weighted by molar-refractivity contribution is 6.68.